The first kappa shape index (κ1) is 14.0. The third-order valence-electron chi connectivity index (χ3n) is 3.53. The van der Waals surface area contributed by atoms with E-state index in [4.69, 9.17) is 0 Å². The lowest BCUT2D eigenvalue weighted by molar-refractivity contribution is -0.384. The molecule has 0 aromatic heterocycles. The van der Waals surface area contributed by atoms with E-state index < -0.39 is 16.4 Å². The van der Waals surface area contributed by atoms with Crippen molar-refractivity contribution in [1.29, 1.82) is 0 Å². The maximum absolute atomic E-state index is 11.4. The molecule has 1 atom stereocenters. The van der Waals surface area contributed by atoms with Gasteiger partial charge in [0.25, 0.3) is 5.69 Å². The van der Waals surface area contributed by atoms with Gasteiger partial charge in [0.05, 0.1) is 4.92 Å². The third kappa shape index (κ3) is 2.38. The average Bonchev–Trinajstić information content (AvgIpc) is 2.72. The van der Waals surface area contributed by atoms with E-state index >= 15 is 0 Å². The molecule has 1 aliphatic heterocycles. The topological polar surface area (TPSA) is 83.7 Å². The van der Waals surface area contributed by atoms with E-state index in [-0.39, 0.29) is 5.69 Å². The lowest BCUT2D eigenvalue weighted by atomic mass is 9.98. The maximum atomic E-state index is 11.4. The number of anilines is 1. The molecule has 6 nitrogen and oxygen atoms in total. The highest BCUT2D eigenvalue weighted by molar-refractivity contribution is 14.1. The Bertz CT molecular complexity index is 549. The van der Waals surface area contributed by atoms with Gasteiger partial charge in [-0.15, -0.1) is 0 Å². The Morgan fingerprint density at radius 2 is 2.26 bits per heavy atom. The minimum Gasteiger partial charge on any atom is -0.480 e. The zero-order valence-corrected chi connectivity index (χ0v) is 12.5. The van der Waals surface area contributed by atoms with Crippen LogP contribution >= 0.6 is 22.6 Å². The minimum atomic E-state index is -1.07. The number of aliphatic carboxylic acids is 1. The van der Waals surface area contributed by atoms with Crippen molar-refractivity contribution in [2.24, 2.45) is 0 Å². The van der Waals surface area contributed by atoms with Gasteiger partial charge in [0.15, 0.2) is 0 Å². The number of benzene rings is 1. The highest BCUT2D eigenvalue weighted by Gasteiger charge is 2.45. The van der Waals surface area contributed by atoms with Gasteiger partial charge in [-0.3, -0.25) is 10.1 Å². The van der Waals surface area contributed by atoms with Crippen molar-refractivity contribution in [3.63, 3.8) is 0 Å². The van der Waals surface area contributed by atoms with Gasteiger partial charge in [0, 0.05) is 16.2 Å². The van der Waals surface area contributed by atoms with Crippen molar-refractivity contribution >= 4 is 39.9 Å². The van der Waals surface area contributed by atoms with E-state index in [2.05, 4.69) is 0 Å². The van der Waals surface area contributed by atoms with Gasteiger partial charge in [-0.05, 0) is 54.5 Å². The second-order valence-electron chi connectivity index (χ2n) is 4.72. The van der Waals surface area contributed by atoms with Crippen molar-refractivity contribution in [3.05, 3.63) is 31.9 Å². The molecule has 0 aliphatic carbocycles. The molecule has 1 unspecified atom stereocenters. The summed E-state index contributed by atoms with van der Waals surface area (Å²) in [5.74, 6) is -0.946. The molecule has 2 rings (SSSR count). The molecule has 1 aromatic carbocycles. The molecule has 0 bridgehead atoms. The van der Waals surface area contributed by atoms with Gasteiger partial charge < -0.3 is 10.0 Å². The number of rotatable bonds is 3. The molecule has 1 fully saturated rings. The van der Waals surface area contributed by atoms with Crippen LogP contribution in [0, 0.1) is 13.7 Å². The Hall–Kier alpha value is -1.38. The first-order valence-corrected chi connectivity index (χ1v) is 6.89. The quantitative estimate of drug-likeness (QED) is 0.498. The summed E-state index contributed by atoms with van der Waals surface area (Å²) >= 11 is 2.00. The summed E-state index contributed by atoms with van der Waals surface area (Å²) < 4.78 is 0.754. The van der Waals surface area contributed by atoms with Crippen molar-refractivity contribution in [2.45, 2.75) is 25.3 Å². The van der Waals surface area contributed by atoms with Crippen LogP contribution in [0.1, 0.15) is 19.8 Å². The average molecular weight is 376 g/mol. The van der Waals surface area contributed by atoms with Crippen molar-refractivity contribution in [3.8, 4) is 0 Å². The predicted molar refractivity (Wildman–Crippen MR) is 78.4 cm³/mol. The Labute approximate surface area is 123 Å². The second-order valence-corrected chi connectivity index (χ2v) is 5.97. The number of carboxylic acids is 1. The van der Waals surface area contributed by atoms with E-state index in [0.717, 1.165) is 3.57 Å². The molecular weight excluding hydrogens is 363 g/mol. The molecular formula is C12H13IN2O4. The molecule has 0 saturated carbocycles. The van der Waals surface area contributed by atoms with E-state index in [1.54, 1.807) is 24.0 Å². The van der Waals surface area contributed by atoms with E-state index in [9.17, 15) is 20.0 Å². The fourth-order valence-corrected chi connectivity index (χ4v) is 2.92. The largest absolute Gasteiger partial charge is 0.480 e. The highest BCUT2D eigenvalue weighted by atomic mass is 127. The van der Waals surface area contributed by atoms with Gasteiger partial charge in [-0.1, -0.05) is 0 Å². The van der Waals surface area contributed by atoms with Crippen LogP contribution in [-0.4, -0.2) is 28.1 Å². The Kier molecular flexibility index (Phi) is 3.66. The molecule has 1 N–H and O–H groups in total. The molecule has 102 valence electrons. The number of carbonyl (C=O) groups is 1. The lowest BCUT2D eigenvalue weighted by Crippen LogP contribution is -2.48. The summed E-state index contributed by atoms with van der Waals surface area (Å²) in [5.41, 5.74) is -0.730. The van der Waals surface area contributed by atoms with Crippen LogP contribution in [0.3, 0.4) is 0 Å². The first-order chi connectivity index (χ1) is 8.86. The van der Waals surface area contributed by atoms with Crippen molar-refractivity contribution in [1.82, 2.24) is 0 Å². The zero-order chi connectivity index (χ0) is 14.2. The normalized spacial score (nSPS) is 22.5. The molecule has 19 heavy (non-hydrogen) atoms. The van der Waals surface area contributed by atoms with Gasteiger partial charge in [-0.25, -0.2) is 4.79 Å². The standard InChI is InChI=1S/C12H13IN2O4/c1-12(11(16)17)5-2-6-14(12)9-4-3-8(13)7-10(9)15(18)19/h3-4,7H,2,5-6H2,1H3,(H,16,17). The van der Waals surface area contributed by atoms with E-state index in [0.29, 0.717) is 25.1 Å². The van der Waals surface area contributed by atoms with Crippen LogP contribution in [0.2, 0.25) is 0 Å². The molecule has 0 amide bonds. The smallest absolute Gasteiger partial charge is 0.329 e. The zero-order valence-electron chi connectivity index (χ0n) is 10.3. The first-order valence-electron chi connectivity index (χ1n) is 5.81. The molecule has 1 heterocycles. The fourth-order valence-electron chi connectivity index (χ4n) is 2.44. The van der Waals surface area contributed by atoms with Crippen molar-refractivity contribution < 1.29 is 14.8 Å². The molecule has 1 saturated heterocycles. The Morgan fingerprint density at radius 3 is 2.84 bits per heavy atom. The van der Waals surface area contributed by atoms with Crippen LogP contribution in [0.15, 0.2) is 18.2 Å². The number of halogens is 1. The number of hydrogen-bond donors (Lipinski definition) is 1. The molecule has 0 spiro atoms. The summed E-state index contributed by atoms with van der Waals surface area (Å²) in [4.78, 5) is 23.8. The predicted octanol–water partition coefficient (Wildman–Crippen LogP) is 2.64. The van der Waals surface area contributed by atoms with Crippen LogP contribution in [0.4, 0.5) is 11.4 Å². The van der Waals surface area contributed by atoms with Crippen LogP contribution in [-0.2, 0) is 4.79 Å². The lowest BCUT2D eigenvalue weighted by Gasteiger charge is -2.32. The summed E-state index contributed by atoms with van der Waals surface area (Å²) in [6.07, 6.45) is 1.21. The monoisotopic (exact) mass is 376 g/mol. The second kappa shape index (κ2) is 4.95. The number of nitro benzene ring substituents is 1. The highest BCUT2D eigenvalue weighted by Crippen LogP contribution is 2.39. The van der Waals surface area contributed by atoms with Crippen LogP contribution < -0.4 is 4.90 Å². The molecule has 7 heteroatoms. The summed E-state index contributed by atoms with van der Waals surface area (Å²) in [6, 6.07) is 4.85. The minimum absolute atomic E-state index is 0.0405. The van der Waals surface area contributed by atoms with E-state index in [1.165, 1.54) is 6.07 Å². The third-order valence-corrected chi connectivity index (χ3v) is 4.20. The van der Waals surface area contributed by atoms with Gasteiger partial charge in [0.2, 0.25) is 0 Å². The van der Waals surface area contributed by atoms with Crippen molar-refractivity contribution in [2.75, 3.05) is 11.4 Å². The SMILES string of the molecule is CC1(C(=O)O)CCCN1c1ccc(I)cc1[N+](=O)[O-]. The van der Waals surface area contributed by atoms with Gasteiger partial charge >= 0.3 is 5.97 Å². The number of hydrogen-bond acceptors (Lipinski definition) is 4. The molecule has 1 aliphatic rings. The van der Waals surface area contributed by atoms with Gasteiger partial charge in [-0.2, -0.15) is 0 Å². The summed E-state index contributed by atoms with van der Waals surface area (Å²) in [6.45, 7) is 2.13. The Balaban J connectivity index is 2.53. The number of nitrogens with zero attached hydrogens (tertiary/aromatic N) is 2. The summed E-state index contributed by atoms with van der Waals surface area (Å²) in [5, 5.41) is 20.5. The number of nitro groups is 1. The maximum Gasteiger partial charge on any atom is 0.329 e. The molecule has 1 aromatic rings. The van der Waals surface area contributed by atoms with Gasteiger partial charge in [0.1, 0.15) is 11.2 Å². The van der Waals surface area contributed by atoms with E-state index in [1.807, 2.05) is 22.6 Å². The Morgan fingerprint density at radius 1 is 1.58 bits per heavy atom. The summed E-state index contributed by atoms with van der Waals surface area (Å²) in [7, 11) is 0. The number of carboxylic acid groups (broad SMARTS) is 1. The fraction of sp³-hybridized carbons (Fsp3) is 0.417. The molecule has 0 radical (unpaired) electrons. The van der Waals surface area contributed by atoms with Crippen LogP contribution in [0.25, 0.3) is 0 Å². The van der Waals surface area contributed by atoms with Crippen LogP contribution in [0.5, 0.6) is 0 Å².